The minimum Gasteiger partial charge on any atom is -0.346 e. The van der Waals surface area contributed by atoms with Gasteiger partial charge in [-0.3, -0.25) is 9.36 Å². The number of rotatable bonds is 11. The molecule has 1 amide bonds. The number of carbonyl (C=O) groups excluding carboxylic acids is 1. The number of aryl methyl sites for hydroxylation is 1. The van der Waals surface area contributed by atoms with Gasteiger partial charge in [0.2, 0.25) is 5.91 Å². The normalized spacial score (nSPS) is 12.0. The van der Waals surface area contributed by atoms with Crippen molar-refractivity contribution in [3.63, 3.8) is 0 Å². The summed E-state index contributed by atoms with van der Waals surface area (Å²) >= 11 is 14.3. The Morgan fingerprint density at radius 2 is 1.91 bits per heavy atom. The molecule has 0 aliphatic carbocycles. The van der Waals surface area contributed by atoms with Crippen LogP contribution in [0.15, 0.2) is 47.6 Å². The molecule has 33 heavy (non-hydrogen) atoms. The first-order valence-corrected chi connectivity index (χ1v) is 13.0. The maximum atomic E-state index is 12.5. The highest BCUT2D eigenvalue weighted by Crippen LogP contribution is 2.32. The van der Waals surface area contributed by atoms with Gasteiger partial charge in [0.1, 0.15) is 0 Å². The lowest BCUT2D eigenvalue weighted by Crippen LogP contribution is -2.28. The minimum atomic E-state index is -0.323. The Bertz CT molecular complexity index is 1090. The first-order chi connectivity index (χ1) is 15.9. The maximum Gasteiger partial charge on any atom is 0.220 e. The number of aromatic nitrogens is 3. The maximum absolute atomic E-state index is 12.5. The molecule has 1 aromatic heterocycles. The molecule has 1 N–H and O–H groups in total. The smallest absolute Gasteiger partial charge is 0.220 e. The molecule has 1 heterocycles. The predicted molar refractivity (Wildman–Crippen MR) is 137 cm³/mol. The summed E-state index contributed by atoms with van der Waals surface area (Å²) in [4.78, 5) is 12.5. The first kappa shape index (κ1) is 25.6. The Hall–Kier alpha value is -2.02. The van der Waals surface area contributed by atoms with Gasteiger partial charge in [0, 0.05) is 17.2 Å². The number of unbranched alkanes of at least 4 members (excludes halogenated alkanes) is 3. The highest BCUT2D eigenvalue weighted by Gasteiger charge is 2.22. The van der Waals surface area contributed by atoms with Gasteiger partial charge in [0.25, 0.3) is 0 Å². The van der Waals surface area contributed by atoms with Crippen LogP contribution in [0.25, 0.3) is 5.69 Å². The van der Waals surface area contributed by atoms with E-state index < -0.39 is 0 Å². The summed E-state index contributed by atoms with van der Waals surface area (Å²) in [6.07, 6.45) is 4.75. The molecule has 0 spiro atoms. The van der Waals surface area contributed by atoms with E-state index in [0.717, 1.165) is 37.1 Å². The van der Waals surface area contributed by atoms with Gasteiger partial charge in [-0.2, -0.15) is 0 Å². The van der Waals surface area contributed by atoms with Crippen LogP contribution in [0.4, 0.5) is 0 Å². The number of carbonyl (C=O) groups is 1. The van der Waals surface area contributed by atoms with Crippen LogP contribution in [0.2, 0.25) is 10.0 Å². The van der Waals surface area contributed by atoms with Gasteiger partial charge < -0.3 is 5.32 Å². The SMILES string of the molecule is CCCCCCC(=O)NC(C)c1nnc(SCc2ccccc2C)n1-c1ccc(Cl)cc1Cl. The summed E-state index contributed by atoms with van der Waals surface area (Å²) in [5.74, 6) is 1.40. The second kappa shape index (κ2) is 12.4. The van der Waals surface area contributed by atoms with Crippen molar-refractivity contribution in [2.45, 2.75) is 69.8 Å². The van der Waals surface area contributed by atoms with Crippen LogP contribution in [-0.2, 0) is 10.5 Å². The number of hydrogen-bond donors (Lipinski definition) is 1. The summed E-state index contributed by atoms with van der Waals surface area (Å²) in [5, 5.41) is 13.7. The van der Waals surface area contributed by atoms with E-state index >= 15 is 0 Å². The quantitative estimate of drug-likeness (QED) is 0.219. The number of nitrogens with one attached hydrogen (secondary N) is 1. The van der Waals surface area contributed by atoms with E-state index in [-0.39, 0.29) is 11.9 Å². The molecule has 2 aromatic carbocycles. The third-order valence-electron chi connectivity index (χ3n) is 5.45. The van der Waals surface area contributed by atoms with Gasteiger partial charge in [0.15, 0.2) is 11.0 Å². The molecule has 0 fully saturated rings. The monoisotopic (exact) mass is 504 g/mol. The highest BCUT2D eigenvalue weighted by atomic mass is 35.5. The molecule has 3 rings (SSSR count). The van der Waals surface area contributed by atoms with E-state index in [1.54, 1.807) is 23.9 Å². The van der Waals surface area contributed by atoms with Crippen LogP contribution >= 0.6 is 35.0 Å². The Morgan fingerprint density at radius 3 is 2.64 bits per heavy atom. The first-order valence-electron chi connectivity index (χ1n) is 11.3. The molecular weight excluding hydrogens is 475 g/mol. The zero-order valence-electron chi connectivity index (χ0n) is 19.3. The number of amides is 1. The topological polar surface area (TPSA) is 59.8 Å². The molecule has 0 radical (unpaired) electrons. The third kappa shape index (κ3) is 6.98. The molecule has 8 heteroatoms. The van der Waals surface area contributed by atoms with E-state index in [2.05, 4.69) is 41.5 Å². The van der Waals surface area contributed by atoms with Crippen molar-refractivity contribution >= 4 is 40.9 Å². The minimum absolute atomic E-state index is 0.0180. The third-order valence-corrected chi connectivity index (χ3v) is 6.96. The number of benzene rings is 2. The Labute approximate surface area is 210 Å². The van der Waals surface area contributed by atoms with Crippen molar-refractivity contribution in [1.29, 1.82) is 0 Å². The van der Waals surface area contributed by atoms with E-state index in [0.29, 0.717) is 27.4 Å². The van der Waals surface area contributed by atoms with Crippen LogP contribution in [0, 0.1) is 6.92 Å². The molecule has 1 unspecified atom stereocenters. The summed E-state index contributed by atoms with van der Waals surface area (Å²) in [5.41, 5.74) is 3.19. The number of halogens is 2. The second-order valence-corrected chi connectivity index (χ2v) is 9.87. The molecule has 0 aliphatic rings. The summed E-state index contributed by atoms with van der Waals surface area (Å²) in [7, 11) is 0. The van der Waals surface area contributed by atoms with Gasteiger partial charge in [-0.05, 0) is 49.6 Å². The predicted octanol–water partition coefficient (Wildman–Crippen LogP) is 7.32. The van der Waals surface area contributed by atoms with E-state index in [9.17, 15) is 4.79 Å². The molecule has 0 bridgehead atoms. The van der Waals surface area contributed by atoms with Crippen molar-refractivity contribution in [2.75, 3.05) is 0 Å². The van der Waals surface area contributed by atoms with Gasteiger partial charge >= 0.3 is 0 Å². The number of thioether (sulfide) groups is 1. The zero-order chi connectivity index (χ0) is 23.8. The van der Waals surface area contributed by atoms with Crippen molar-refractivity contribution in [3.8, 4) is 5.69 Å². The van der Waals surface area contributed by atoms with Crippen LogP contribution in [0.1, 0.15) is 68.9 Å². The zero-order valence-corrected chi connectivity index (χ0v) is 21.6. The van der Waals surface area contributed by atoms with Gasteiger partial charge in [-0.25, -0.2) is 0 Å². The molecule has 0 aliphatic heterocycles. The summed E-state index contributed by atoms with van der Waals surface area (Å²) < 4.78 is 1.92. The lowest BCUT2D eigenvalue weighted by molar-refractivity contribution is -0.121. The molecule has 1 atom stereocenters. The van der Waals surface area contributed by atoms with E-state index in [1.165, 1.54) is 11.1 Å². The number of nitrogens with zero attached hydrogens (tertiary/aromatic N) is 3. The summed E-state index contributed by atoms with van der Waals surface area (Å²) in [6.45, 7) is 6.18. The fraction of sp³-hybridized carbons (Fsp3) is 0.400. The van der Waals surface area contributed by atoms with Crippen molar-refractivity contribution in [1.82, 2.24) is 20.1 Å². The lowest BCUT2D eigenvalue weighted by atomic mass is 10.1. The highest BCUT2D eigenvalue weighted by molar-refractivity contribution is 7.98. The Kier molecular flexibility index (Phi) is 9.65. The standard InChI is InChI=1S/C25H30Cl2N4OS/c1-4-5-6-7-12-23(32)28-18(3)24-29-30-25(33-16-19-11-9-8-10-17(19)2)31(24)22-14-13-20(26)15-21(22)27/h8-11,13-15,18H,4-7,12,16H2,1-3H3,(H,28,32). The Balaban J connectivity index is 1.85. The molecule has 0 saturated carbocycles. The van der Waals surface area contributed by atoms with Crippen molar-refractivity contribution < 1.29 is 4.79 Å². The van der Waals surface area contributed by atoms with Gasteiger partial charge in [-0.15, -0.1) is 10.2 Å². The molecular formula is C25H30Cl2N4OS. The number of hydrogen-bond acceptors (Lipinski definition) is 4. The van der Waals surface area contributed by atoms with E-state index in [1.807, 2.05) is 29.7 Å². The second-order valence-electron chi connectivity index (χ2n) is 8.09. The van der Waals surface area contributed by atoms with Crippen LogP contribution < -0.4 is 5.32 Å². The van der Waals surface area contributed by atoms with Crippen molar-refractivity contribution in [2.24, 2.45) is 0 Å². The van der Waals surface area contributed by atoms with Crippen molar-refractivity contribution in [3.05, 3.63) is 69.5 Å². The molecule has 3 aromatic rings. The fourth-order valence-corrected chi connectivity index (χ4v) is 5.07. The van der Waals surface area contributed by atoms with Crippen LogP contribution in [0.5, 0.6) is 0 Å². The lowest BCUT2D eigenvalue weighted by Gasteiger charge is -2.17. The largest absolute Gasteiger partial charge is 0.346 e. The van der Waals surface area contributed by atoms with E-state index in [4.69, 9.17) is 23.2 Å². The molecule has 5 nitrogen and oxygen atoms in total. The average Bonchev–Trinajstić information content (AvgIpc) is 3.20. The average molecular weight is 506 g/mol. The fourth-order valence-electron chi connectivity index (χ4n) is 3.55. The van der Waals surface area contributed by atoms with Gasteiger partial charge in [0.05, 0.1) is 16.8 Å². The van der Waals surface area contributed by atoms with Crippen LogP contribution in [0.3, 0.4) is 0 Å². The molecule has 0 saturated heterocycles. The Morgan fingerprint density at radius 1 is 1.12 bits per heavy atom. The summed E-state index contributed by atoms with van der Waals surface area (Å²) in [6, 6.07) is 13.3. The van der Waals surface area contributed by atoms with Gasteiger partial charge in [-0.1, -0.05) is 85.4 Å². The molecule has 176 valence electrons. The van der Waals surface area contributed by atoms with Crippen LogP contribution in [-0.4, -0.2) is 20.7 Å².